The molecule has 6 nitrogen and oxygen atoms in total. The van der Waals surface area contributed by atoms with Gasteiger partial charge in [0.25, 0.3) is 5.91 Å². The Morgan fingerprint density at radius 2 is 2.00 bits per heavy atom. The van der Waals surface area contributed by atoms with Crippen molar-refractivity contribution in [3.05, 3.63) is 29.3 Å². The van der Waals surface area contributed by atoms with E-state index in [9.17, 15) is 18.7 Å². The van der Waals surface area contributed by atoms with E-state index in [1.165, 1.54) is 18.1 Å². The fourth-order valence-corrected chi connectivity index (χ4v) is 3.24. The summed E-state index contributed by atoms with van der Waals surface area (Å²) in [5, 5.41) is 18.6. The Labute approximate surface area is 145 Å². The number of likely N-dealkylation sites (N-methyl/N-ethyl adjacent to an activating group) is 1. The molecule has 0 radical (unpaired) electrons. The monoisotopic (exact) mass is 358 g/mol. The third-order valence-corrected chi connectivity index (χ3v) is 4.62. The molecule has 1 heterocycles. The molecule has 1 aromatic rings. The first-order valence-electron chi connectivity index (χ1n) is 8.14. The largest absolute Gasteiger partial charge is 0.496 e. The second kappa shape index (κ2) is 8.55. The van der Waals surface area contributed by atoms with Crippen molar-refractivity contribution >= 4 is 5.91 Å². The van der Waals surface area contributed by atoms with Crippen molar-refractivity contribution in [2.24, 2.45) is 11.8 Å². The lowest BCUT2D eigenvalue weighted by Crippen LogP contribution is -2.33. The minimum atomic E-state index is -1.23. The molecular weight excluding hydrogens is 334 g/mol. The van der Waals surface area contributed by atoms with E-state index >= 15 is 0 Å². The van der Waals surface area contributed by atoms with Crippen LogP contribution in [0.15, 0.2) is 12.1 Å². The summed E-state index contributed by atoms with van der Waals surface area (Å²) in [4.78, 5) is 16.0. The van der Waals surface area contributed by atoms with E-state index in [-0.39, 0.29) is 37.3 Å². The van der Waals surface area contributed by atoms with Gasteiger partial charge in [0.05, 0.1) is 13.7 Å². The molecule has 0 spiro atoms. The Bertz CT molecular complexity index is 615. The second-order valence-corrected chi connectivity index (χ2v) is 6.34. The van der Waals surface area contributed by atoms with Gasteiger partial charge in [-0.25, -0.2) is 8.78 Å². The zero-order valence-electron chi connectivity index (χ0n) is 14.4. The van der Waals surface area contributed by atoms with Gasteiger partial charge in [0, 0.05) is 38.7 Å². The van der Waals surface area contributed by atoms with Crippen molar-refractivity contribution in [2.75, 3.05) is 53.6 Å². The average molecular weight is 358 g/mol. The summed E-state index contributed by atoms with van der Waals surface area (Å²) in [5.74, 6) is -3.20. The van der Waals surface area contributed by atoms with Gasteiger partial charge in [-0.1, -0.05) is 0 Å². The Morgan fingerprint density at radius 1 is 1.32 bits per heavy atom. The van der Waals surface area contributed by atoms with Gasteiger partial charge in [0.15, 0.2) is 11.6 Å². The van der Waals surface area contributed by atoms with E-state index in [0.717, 1.165) is 6.07 Å². The van der Waals surface area contributed by atoms with Crippen LogP contribution in [0.3, 0.4) is 0 Å². The molecule has 8 heteroatoms. The van der Waals surface area contributed by atoms with Crippen LogP contribution in [0.2, 0.25) is 0 Å². The molecule has 1 aliphatic rings. The van der Waals surface area contributed by atoms with Crippen LogP contribution in [0, 0.1) is 23.5 Å². The van der Waals surface area contributed by atoms with Gasteiger partial charge >= 0.3 is 0 Å². The van der Waals surface area contributed by atoms with Crippen LogP contribution < -0.4 is 4.74 Å². The molecule has 2 atom stereocenters. The van der Waals surface area contributed by atoms with Gasteiger partial charge in [0.1, 0.15) is 11.3 Å². The fraction of sp³-hybridized carbons (Fsp3) is 0.588. The van der Waals surface area contributed by atoms with Crippen molar-refractivity contribution in [2.45, 2.75) is 0 Å². The number of methoxy groups -OCH3 is 1. The van der Waals surface area contributed by atoms with Crippen molar-refractivity contribution in [3.8, 4) is 5.75 Å². The first-order valence-corrected chi connectivity index (χ1v) is 8.14. The average Bonchev–Trinajstić information content (AvgIpc) is 2.99. The highest BCUT2D eigenvalue weighted by molar-refractivity contribution is 5.97. The first kappa shape index (κ1) is 19.6. The SMILES string of the molecule is COc1ccc(F)c(F)c1C(=O)N1C[C@@H](CN(C)CCO)[C@@H](CO)C1. The molecule has 2 N–H and O–H groups in total. The van der Waals surface area contributed by atoms with Gasteiger partial charge in [0.2, 0.25) is 0 Å². The molecule has 140 valence electrons. The number of aliphatic hydroxyl groups is 2. The van der Waals surface area contributed by atoms with Crippen LogP contribution in [-0.2, 0) is 0 Å². The maximum Gasteiger partial charge on any atom is 0.260 e. The number of rotatable bonds is 7. The molecule has 2 rings (SSSR count). The molecule has 0 aliphatic carbocycles. The van der Waals surface area contributed by atoms with E-state index in [0.29, 0.717) is 19.6 Å². The summed E-state index contributed by atoms with van der Waals surface area (Å²) in [6.07, 6.45) is 0. The number of halogens is 2. The summed E-state index contributed by atoms with van der Waals surface area (Å²) < 4.78 is 32.7. The first-order chi connectivity index (χ1) is 11.9. The number of ether oxygens (including phenoxy) is 1. The van der Waals surface area contributed by atoms with E-state index in [4.69, 9.17) is 9.84 Å². The maximum atomic E-state index is 14.2. The Hall–Kier alpha value is -1.77. The molecule has 1 aromatic carbocycles. The van der Waals surface area contributed by atoms with Crippen molar-refractivity contribution < 1.29 is 28.5 Å². The molecule has 0 saturated carbocycles. The molecule has 0 aromatic heterocycles. The lowest BCUT2D eigenvalue weighted by molar-refractivity contribution is 0.0769. The molecule has 1 amide bonds. The fourth-order valence-electron chi connectivity index (χ4n) is 3.24. The van der Waals surface area contributed by atoms with E-state index in [1.54, 1.807) is 0 Å². The Morgan fingerprint density at radius 3 is 2.60 bits per heavy atom. The topological polar surface area (TPSA) is 73.2 Å². The number of aliphatic hydroxyl groups excluding tert-OH is 2. The van der Waals surface area contributed by atoms with Gasteiger partial charge in [-0.15, -0.1) is 0 Å². The van der Waals surface area contributed by atoms with Crippen LogP contribution in [0.4, 0.5) is 8.78 Å². The highest BCUT2D eigenvalue weighted by atomic mass is 19.2. The van der Waals surface area contributed by atoms with Crippen LogP contribution in [0.25, 0.3) is 0 Å². The number of hydrogen-bond donors (Lipinski definition) is 2. The summed E-state index contributed by atoms with van der Waals surface area (Å²) in [5.41, 5.74) is -0.427. The number of nitrogens with zero attached hydrogens (tertiary/aromatic N) is 2. The predicted molar refractivity (Wildman–Crippen MR) is 87.5 cm³/mol. The summed E-state index contributed by atoms with van der Waals surface area (Å²) in [7, 11) is 3.13. The number of carbonyl (C=O) groups is 1. The highest BCUT2D eigenvalue weighted by Gasteiger charge is 2.37. The van der Waals surface area contributed by atoms with E-state index in [2.05, 4.69) is 0 Å². The number of amides is 1. The van der Waals surface area contributed by atoms with Crippen molar-refractivity contribution in [3.63, 3.8) is 0 Å². The van der Waals surface area contributed by atoms with Crippen LogP contribution >= 0.6 is 0 Å². The van der Waals surface area contributed by atoms with Gasteiger partial charge < -0.3 is 24.7 Å². The Balaban J connectivity index is 2.20. The molecule has 1 fully saturated rings. The Kier molecular flexibility index (Phi) is 6.69. The summed E-state index contributed by atoms with van der Waals surface area (Å²) >= 11 is 0. The molecule has 0 unspecified atom stereocenters. The number of carbonyl (C=O) groups excluding carboxylic acids is 1. The van der Waals surface area contributed by atoms with E-state index < -0.39 is 23.1 Å². The quantitative estimate of drug-likeness (QED) is 0.746. The molecule has 0 bridgehead atoms. The maximum absolute atomic E-state index is 14.2. The number of hydrogen-bond acceptors (Lipinski definition) is 5. The van der Waals surface area contributed by atoms with Gasteiger partial charge in [-0.2, -0.15) is 0 Å². The highest BCUT2D eigenvalue weighted by Crippen LogP contribution is 2.30. The number of likely N-dealkylation sites (tertiary alicyclic amines) is 1. The van der Waals surface area contributed by atoms with Crippen LogP contribution in [0.5, 0.6) is 5.75 Å². The minimum Gasteiger partial charge on any atom is -0.496 e. The third-order valence-electron chi connectivity index (χ3n) is 4.62. The smallest absolute Gasteiger partial charge is 0.260 e. The normalized spacial score (nSPS) is 20.4. The summed E-state index contributed by atoms with van der Waals surface area (Å²) in [6.45, 7) is 1.55. The minimum absolute atomic E-state index is 0.0152. The van der Waals surface area contributed by atoms with Crippen LogP contribution in [0.1, 0.15) is 10.4 Å². The second-order valence-electron chi connectivity index (χ2n) is 6.34. The lowest BCUT2D eigenvalue weighted by atomic mass is 9.96. The molecule has 25 heavy (non-hydrogen) atoms. The van der Waals surface area contributed by atoms with E-state index in [1.807, 2.05) is 11.9 Å². The van der Waals surface area contributed by atoms with Gasteiger partial charge in [-0.3, -0.25) is 4.79 Å². The lowest BCUT2D eigenvalue weighted by Gasteiger charge is -2.23. The number of benzene rings is 1. The molecule has 1 saturated heterocycles. The van der Waals surface area contributed by atoms with Crippen molar-refractivity contribution in [1.29, 1.82) is 0 Å². The van der Waals surface area contributed by atoms with Crippen molar-refractivity contribution in [1.82, 2.24) is 9.80 Å². The van der Waals surface area contributed by atoms with Gasteiger partial charge in [-0.05, 0) is 25.1 Å². The van der Waals surface area contributed by atoms with Crippen LogP contribution in [-0.4, -0.2) is 79.5 Å². The summed E-state index contributed by atoms with van der Waals surface area (Å²) in [6, 6.07) is 2.13. The predicted octanol–water partition coefficient (Wildman–Crippen LogP) is 0.578. The standard InChI is InChI=1S/C17H24F2N2O4/c1-20(5-6-22)7-11-8-21(9-12(11)10-23)17(24)15-14(25-2)4-3-13(18)16(15)19/h3-4,11-12,22-23H,5-10H2,1-2H3/t11-,12-/m1/s1. The zero-order chi connectivity index (χ0) is 18.6. The molecule has 1 aliphatic heterocycles. The zero-order valence-corrected chi connectivity index (χ0v) is 14.4. The third kappa shape index (κ3) is 4.26. The molecular formula is C17H24F2N2O4.